The maximum Gasteiger partial charge on any atom is 0.151 e. The molecule has 3 N–H and O–H groups in total. The zero-order chi connectivity index (χ0) is 21.1. The summed E-state index contributed by atoms with van der Waals surface area (Å²) in [5.41, 5.74) is 8.41. The van der Waals surface area contributed by atoms with Crippen LogP contribution in [0.25, 0.3) is 44.1 Å². The molecule has 0 saturated carbocycles. The number of nitrogens with zero attached hydrogens (tertiary/aromatic N) is 2. The van der Waals surface area contributed by atoms with Crippen molar-refractivity contribution in [1.29, 1.82) is 0 Å². The van der Waals surface area contributed by atoms with Gasteiger partial charge < -0.3 is 10.1 Å². The molecule has 6 nitrogen and oxygen atoms in total. The number of aromatic amines is 2. The lowest BCUT2D eigenvalue weighted by molar-refractivity contribution is 0.481. The predicted octanol–water partition coefficient (Wildman–Crippen LogP) is 6.62. The first-order valence-corrected chi connectivity index (χ1v) is 10.4. The lowest BCUT2D eigenvalue weighted by Crippen LogP contribution is -2.03. The van der Waals surface area contributed by atoms with Crippen molar-refractivity contribution in [2.24, 2.45) is 0 Å². The van der Waals surface area contributed by atoms with Crippen LogP contribution >= 0.6 is 0 Å². The molecule has 0 radical (unpaired) electrons. The number of nitrogens with one attached hydrogen (secondary N) is 3. The number of hydrogen-bond acceptors (Lipinski definition) is 4. The number of aromatic nitrogens is 4. The average molecular weight is 415 g/mol. The first-order chi connectivity index (χ1) is 15.8. The maximum absolute atomic E-state index is 6.35. The molecule has 0 fully saturated rings. The van der Waals surface area contributed by atoms with Crippen molar-refractivity contribution >= 4 is 33.2 Å². The molecule has 0 unspecified atom stereocenters. The number of fused-ring (bicyclic) bond motifs is 4. The Kier molecular flexibility index (Phi) is 3.46. The van der Waals surface area contributed by atoms with E-state index in [0.717, 1.165) is 66.9 Å². The number of benzene rings is 4. The Balaban J connectivity index is 1.25. The fraction of sp³-hybridized carbons (Fsp3) is 0. The summed E-state index contributed by atoms with van der Waals surface area (Å²) in [5.74, 6) is 1.62. The molecule has 0 aliphatic carbocycles. The minimum atomic E-state index is 0.810. The van der Waals surface area contributed by atoms with Gasteiger partial charge in [0.15, 0.2) is 11.5 Å². The predicted molar refractivity (Wildman–Crippen MR) is 126 cm³/mol. The van der Waals surface area contributed by atoms with Crippen molar-refractivity contribution < 1.29 is 4.74 Å². The number of H-pyrrole nitrogens is 2. The van der Waals surface area contributed by atoms with Crippen LogP contribution < -0.4 is 10.1 Å². The molecule has 0 saturated heterocycles. The highest BCUT2D eigenvalue weighted by Crippen LogP contribution is 2.45. The second-order valence-electron chi connectivity index (χ2n) is 7.99. The van der Waals surface area contributed by atoms with Gasteiger partial charge in [-0.3, -0.25) is 10.2 Å². The van der Waals surface area contributed by atoms with Gasteiger partial charge >= 0.3 is 0 Å². The Hall–Kier alpha value is -4.58. The first kappa shape index (κ1) is 17.1. The van der Waals surface area contributed by atoms with Crippen molar-refractivity contribution in [3.63, 3.8) is 0 Å². The minimum Gasteiger partial charge on any atom is -0.453 e. The van der Waals surface area contributed by atoms with Crippen LogP contribution in [0.3, 0.4) is 0 Å². The second kappa shape index (κ2) is 6.46. The van der Waals surface area contributed by atoms with Gasteiger partial charge in [-0.05, 0) is 70.8 Å². The summed E-state index contributed by atoms with van der Waals surface area (Å²) in [6.07, 6.45) is 3.68. The van der Waals surface area contributed by atoms with Gasteiger partial charge in [-0.1, -0.05) is 24.3 Å². The average Bonchev–Trinajstić information content (AvgIpc) is 3.50. The Morgan fingerprint density at radius 1 is 0.531 bits per heavy atom. The summed E-state index contributed by atoms with van der Waals surface area (Å²) in [6, 6.07) is 25.1. The largest absolute Gasteiger partial charge is 0.453 e. The number of hydrogen-bond donors (Lipinski definition) is 3. The third-order valence-electron chi connectivity index (χ3n) is 6.00. The molecule has 7 rings (SSSR count). The van der Waals surface area contributed by atoms with E-state index >= 15 is 0 Å². The lowest BCUT2D eigenvalue weighted by atomic mass is 10.0. The van der Waals surface area contributed by atoms with Gasteiger partial charge in [0.2, 0.25) is 0 Å². The topological polar surface area (TPSA) is 78.6 Å². The Labute approximate surface area is 182 Å². The standard InChI is InChI=1S/C26H17N5O/c1-5-21-19(13-27-30-21)9-15(1)17-3-7-23-25(11-17)32-26-12-18(4-8-24(26)29-23)16-2-6-22-20(10-16)14-28-31-22/h1-14,29H,(H,27,30)(H,28,31). The Bertz CT molecular complexity index is 1520. The molecular weight excluding hydrogens is 398 g/mol. The molecule has 1 aliphatic rings. The zero-order valence-electron chi connectivity index (χ0n) is 16.9. The number of rotatable bonds is 2. The van der Waals surface area contributed by atoms with E-state index in [-0.39, 0.29) is 0 Å². The summed E-state index contributed by atoms with van der Waals surface area (Å²) in [6.45, 7) is 0. The third-order valence-corrected chi connectivity index (χ3v) is 6.00. The van der Waals surface area contributed by atoms with Gasteiger partial charge in [-0.2, -0.15) is 10.2 Å². The summed E-state index contributed by atoms with van der Waals surface area (Å²) in [7, 11) is 0. The molecule has 0 atom stereocenters. The van der Waals surface area contributed by atoms with Gasteiger partial charge in [0.1, 0.15) is 0 Å². The molecule has 1 aliphatic heterocycles. The van der Waals surface area contributed by atoms with E-state index in [4.69, 9.17) is 4.74 Å². The molecule has 0 bridgehead atoms. The molecule has 3 heterocycles. The van der Waals surface area contributed by atoms with Crippen LogP contribution in [0.4, 0.5) is 11.4 Å². The van der Waals surface area contributed by atoms with E-state index in [1.807, 2.05) is 12.4 Å². The number of anilines is 2. The summed E-state index contributed by atoms with van der Waals surface area (Å²) in [4.78, 5) is 0. The van der Waals surface area contributed by atoms with Crippen LogP contribution in [-0.2, 0) is 0 Å². The smallest absolute Gasteiger partial charge is 0.151 e. The fourth-order valence-corrected chi connectivity index (χ4v) is 4.29. The van der Waals surface area contributed by atoms with E-state index in [1.54, 1.807) is 0 Å². The molecule has 6 aromatic rings. The zero-order valence-corrected chi connectivity index (χ0v) is 16.9. The molecule has 2 aromatic heterocycles. The highest BCUT2D eigenvalue weighted by atomic mass is 16.5. The summed E-state index contributed by atoms with van der Waals surface area (Å²) >= 11 is 0. The van der Waals surface area contributed by atoms with Gasteiger partial charge in [-0.25, -0.2) is 0 Å². The molecule has 0 spiro atoms. The van der Waals surface area contributed by atoms with Gasteiger partial charge in [0.05, 0.1) is 34.8 Å². The van der Waals surface area contributed by atoms with Crippen molar-refractivity contribution in [2.75, 3.05) is 5.32 Å². The SMILES string of the molecule is c1cc2c(cc1-c1ccc3[nH]ncc3c1)Oc1cc(-c3ccc4[nH]ncc4c3)ccc1N2. The molecule has 0 amide bonds. The minimum absolute atomic E-state index is 0.810. The number of ether oxygens (including phenoxy) is 1. The highest BCUT2D eigenvalue weighted by Gasteiger charge is 2.18. The molecule has 152 valence electrons. The van der Waals surface area contributed by atoms with Crippen LogP contribution in [0.15, 0.2) is 85.2 Å². The highest BCUT2D eigenvalue weighted by molar-refractivity contribution is 5.88. The van der Waals surface area contributed by atoms with E-state index < -0.39 is 0 Å². The first-order valence-electron chi connectivity index (χ1n) is 10.4. The van der Waals surface area contributed by atoms with Crippen LogP contribution in [0.5, 0.6) is 11.5 Å². The fourth-order valence-electron chi connectivity index (χ4n) is 4.29. The molecule has 6 heteroatoms. The van der Waals surface area contributed by atoms with Crippen LogP contribution in [-0.4, -0.2) is 20.4 Å². The maximum atomic E-state index is 6.35. The Morgan fingerprint density at radius 2 is 1.00 bits per heavy atom. The third kappa shape index (κ3) is 2.66. The van der Waals surface area contributed by atoms with E-state index in [1.165, 1.54) is 0 Å². The van der Waals surface area contributed by atoms with Gasteiger partial charge in [-0.15, -0.1) is 0 Å². The van der Waals surface area contributed by atoms with Crippen molar-refractivity contribution in [3.05, 3.63) is 85.2 Å². The van der Waals surface area contributed by atoms with Crippen LogP contribution in [0.2, 0.25) is 0 Å². The summed E-state index contributed by atoms with van der Waals surface area (Å²) < 4.78 is 6.35. The van der Waals surface area contributed by atoms with Gasteiger partial charge in [0, 0.05) is 10.8 Å². The quantitative estimate of drug-likeness (QED) is 0.296. The van der Waals surface area contributed by atoms with E-state index in [2.05, 4.69) is 98.5 Å². The molecular formula is C26H17N5O. The Morgan fingerprint density at radius 3 is 1.53 bits per heavy atom. The lowest BCUT2D eigenvalue weighted by Gasteiger charge is -2.23. The molecule has 32 heavy (non-hydrogen) atoms. The van der Waals surface area contributed by atoms with Crippen LogP contribution in [0.1, 0.15) is 0 Å². The van der Waals surface area contributed by atoms with Crippen molar-refractivity contribution in [3.8, 4) is 33.8 Å². The normalized spacial score (nSPS) is 12.2. The van der Waals surface area contributed by atoms with E-state index in [0.29, 0.717) is 0 Å². The van der Waals surface area contributed by atoms with Crippen LogP contribution in [0, 0.1) is 0 Å². The van der Waals surface area contributed by atoms with Crippen molar-refractivity contribution in [2.45, 2.75) is 0 Å². The monoisotopic (exact) mass is 415 g/mol. The van der Waals surface area contributed by atoms with Crippen molar-refractivity contribution in [1.82, 2.24) is 20.4 Å². The molecule has 4 aromatic carbocycles. The van der Waals surface area contributed by atoms with Gasteiger partial charge in [0.25, 0.3) is 0 Å². The second-order valence-corrected chi connectivity index (χ2v) is 7.99. The summed E-state index contributed by atoms with van der Waals surface area (Å²) in [5, 5.41) is 19.9. The van der Waals surface area contributed by atoms with E-state index in [9.17, 15) is 0 Å².